The molecule has 2 N–H and O–H groups in total. The highest BCUT2D eigenvalue weighted by Crippen LogP contribution is 2.21. The molecule has 0 spiro atoms. The lowest BCUT2D eigenvalue weighted by Crippen LogP contribution is -2.30. The van der Waals surface area contributed by atoms with Gasteiger partial charge in [0.05, 0.1) is 0 Å². The van der Waals surface area contributed by atoms with Crippen molar-refractivity contribution in [3.8, 4) is 0 Å². The van der Waals surface area contributed by atoms with E-state index in [9.17, 15) is 4.79 Å². The monoisotopic (exact) mass is 268 g/mol. The number of hydrogen-bond acceptors (Lipinski definition) is 2. The van der Waals surface area contributed by atoms with Crippen LogP contribution in [0.4, 0.5) is 0 Å². The fraction of sp³-hybridized carbons (Fsp3) is 0.500. The summed E-state index contributed by atoms with van der Waals surface area (Å²) < 4.78 is 0. The maximum Gasteiger partial charge on any atom is 0.223 e. The first kappa shape index (κ1) is 15.0. The highest BCUT2D eigenvalue weighted by atomic mass is 35.5. The Morgan fingerprint density at radius 1 is 1.33 bits per heavy atom. The molecule has 0 aromatic heterocycles. The maximum atomic E-state index is 11.7. The van der Waals surface area contributed by atoms with Crippen molar-refractivity contribution in [3.63, 3.8) is 0 Å². The van der Waals surface area contributed by atoms with Crippen LogP contribution < -0.4 is 5.73 Å². The molecule has 18 heavy (non-hydrogen) atoms. The second-order valence-corrected chi connectivity index (χ2v) is 4.72. The Morgan fingerprint density at radius 2 is 2.06 bits per heavy atom. The van der Waals surface area contributed by atoms with Gasteiger partial charge < -0.3 is 10.6 Å². The van der Waals surface area contributed by atoms with Gasteiger partial charge in [0.15, 0.2) is 0 Å². The van der Waals surface area contributed by atoms with Crippen LogP contribution in [0.25, 0.3) is 0 Å². The van der Waals surface area contributed by atoms with E-state index >= 15 is 0 Å². The average molecular weight is 269 g/mol. The van der Waals surface area contributed by atoms with Crippen molar-refractivity contribution in [2.24, 2.45) is 11.7 Å². The molecule has 0 saturated carbocycles. The highest BCUT2D eigenvalue weighted by Gasteiger charge is 2.25. The SMILES string of the molecule is Cl.NCCC(=O)N1CCC(Cc2ccccc2)C1. The fourth-order valence-corrected chi connectivity index (χ4v) is 2.45. The number of carbonyl (C=O) groups excluding carboxylic acids is 1. The summed E-state index contributed by atoms with van der Waals surface area (Å²) in [4.78, 5) is 13.6. The highest BCUT2D eigenvalue weighted by molar-refractivity contribution is 5.85. The van der Waals surface area contributed by atoms with Gasteiger partial charge in [0.2, 0.25) is 5.91 Å². The summed E-state index contributed by atoms with van der Waals surface area (Å²) in [6, 6.07) is 10.5. The van der Waals surface area contributed by atoms with Crippen LogP contribution >= 0.6 is 12.4 Å². The van der Waals surface area contributed by atoms with Crippen LogP contribution in [0, 0.1) is 5.92 Å². The minimum Gasteiger partial charge on any atom is -0.342 e. The van der Waals surface area contributed by atoms with E-state index in [2.05, 4.69) is 24.3 Å². The zero-order valence-electron chi connectivity index (χ0n) is 10.5. The van der Waals surface area contributed by atoms with Gasteiger partial charge in [-0.25, -0.2) is 0 Å². The van der Waals surface area contributed by atoms with Crippen molar-refractivity contribution in [1.29, 1.82) is 0 Å². The Labute approximate surface area is 115 Å². The molecular weight excluding hydrogens is 248 g/mol. The summed E-state index contributed by atoms with van der Waals surface area (Å²) in [5.41, 5.74) is 6.77. The number of carbonyl (C=O) groups is 1. The molecule has 1 heterocycles. The summed E-state index contributed by atoms with van der Waals surface area (Å²) >= 11 is 0. The van der Waals surface area contributed by atoms with Crippen molar-refractivity contribution < 1.29 is 4.79 Å². The van der Waals surface area contributed by atoms with E-state index in [4.69, 9.17) is 5.73 Å². The van der Waals surface area contributed by atoms with Crippen molar-refractivity contribution in [1.82, 2.24) is 4.90 Å². The molecule has 1 aromatic rings. The number of nitrogens with two attached hydrogens (primary N) is 1. The Balaban J connectivity index is 0.00000162. The summed E-state index contributed by atoms with van der Waals surface area (Å²) in [6.45, 7) is 2.25. The molecule has 1 atom stereocenters. The van der Waals surface area contributed by atoms with Crippen LogP contribution in [0.1, 0.15) is 18.4 Å². The average Bonchev–Trinajstić information content (AvgIpc) is 2.79. The van der Waals surface area contributed by atoms with Crippen LogP contribution in [0.15, 0.2) is 30.3 Å². The standard InChI is InChI=1S/C14H20N2O.ClH/c15-8-6-14(17)16-9-7-13(11-16)10-12-4-2-1-3-5-12;/h1-5,13H,6-11,15H2;1H. The van der Waals surface area contributed by atoms with Gasteiger partial charge in [-0.05, 0) is 24.3 Å². The molecule has 1 aliphatic heterocycles. The number of amides is 1. The number of benzene rings is 1. The lowest BCUT2D eigenvalue weighted by Gasteiger charge is -2.16. The second kappa shape index (κ2) is 7.39. The number of halogens is 1. The van der Waals surface area contributed by atoms with Crippen molar-refractivity contribution >= 4 is 18.3 Å². The predicted molar refractivity (Wildman–Crippen MR) is 75.8 cm³/mol. The normalized spacial score (nSPS) is 18.5. The number of likely N-dealkylation sites (tertiary alicyclic amines) is 1. The van der Waals surface area contributed by atoms with Crippen molar-refractivity contribution in [2.45, 2.75) is 19.3 Å². The fourth-order valence-electron chi connectivity index (χ4n) is 2.45. The van der Waals surface area contributed by atoms with Gasteiger partial charge >= 0.3 is 0 Å². The molecule has 4 heteroatoms. The third-order valence-corrected chi connectivity index (χ3v) is 3.36. The zero-order valence-corrected chi connectivity index (χ0v) is 11.4. The summed E-state index contributed by atoms with van der Waals surface area (Å²) in [6.07, 6.45) is 2.68. The molecule has 0 aliphatic carbocycles. The molecule has 3 nitrogen and oxygen atoms in total. The molecule has 1 saturated heterocycles. The summed E-state index contributed by atoms with van der Waals surface area (Å²) in [5.74, 6) is 0.821. The van der Waals surface area contributed by atoms with Crippen LogP contribution in [0.2, 0.25) is 0 Å². The molecule has 2 rings (SSSR count). The first-order valence-corrected chi connectivity index (χ1v) is 6.31. The van der Waals surface area contributed by atoms with E-state index in [1.807, 2.05) is 11.0 Å². The molecule has 1 fully saturated rings. The van der Waals surface area contributed by atoms with E-state index in [1.165, 1.54) is 5.56 Å². The Bertz CT molecular complexity index is 369. The minimum atomic E-state index is 0. The van der Waals surface area contributed by atoms with Crippen molar-refractivity contribution in [3.05, 3.63) is 35.9 Å². The molecule has 100 valence electrons. The molecule has 0 bridgehead atoms. The van der Waals surface area contributed by atoms with Gasteiger partial charge in [-0.2, -0.15) is 0 Å². The largest absolute Gasteiger partial charge is 0.342 e. The summed E-state index contributed by atoms with van der Waals surface area (Å²) in [7, 11) is 0. The topological polar surface area (TPSA) is 46.3 Å². The van der Waals surface area contributed by atoms with E-state index in [-0.39, 0.29) is 18.3 Å². The van der Waals surface area contributed by atoms with E-state index in [0.29, 0.717) is 18.9 Å². The molecule has 0 radical (unpaired) electrons. The Hall–Kier alpha value is -1.06. The number of nitrogens with zero attached hydrogens (tertiary/aromatic N) is 1. The Morgan fingerprint density at radius 3 is 2.72 bits per heavy atom. The van der Waals surface area contributed by atoms with Gasteiger partial charge in [0, 0.05) is 26.1 Å². The van der Waals surface area contributed by atoms with Crippen LogP contribution in [0.5, 0.6) is 0 Å². The predicted octanol–water partition coefficient (Wildman–Crippen LogP) is 1.85. The lowest BCUT2D eigenvalue weighted by molar-refractivity contribution is -0.130. The van der Waals surface area contributed by atoms with Gasteiger partial charge in [-0.1, -0.05) is 30.3 Å². The van der Waals surface area contributed by atoms with E-state index < -0.39 is 0 Å². The zero-order chi connectivity index (χ0) is 12.1. The summed E-state index contributed by atoms with van der Waals surface area (Å²) in [5, 5.41) is 0. The molecule has 1 amide bonds. The quantitative estimate of drug-likeness (QED) is 0.906. The molecule has 1 aliphatic rings. The van der Waals surface area contributed by atoms with Crippen LogP contribution in [-0.2, 0) is 11.2 Å². The van der Waals surface area contributed by atoms with Crippen LogP contribution in [0.3, 0.4) is 0 Å². The minimum absolute atomic E-state index is 0. The third-order valence-electron chi connectivity index (χ3n) is 3.36. The molecule has 1 aromatic carbocycles. The van der Waals surface area contributed by atoms with Crippen molar-refractivity contribution in [2.75, 3.05) is 19.6 Å². The van der Waals surface area contributed by atoms with Gasteiger partial charge in [-0.15, -0.1) is 12.4 Å². The smallest absolute Gasteiger partial charge is 0.223 e. The lowest BCUT2D eigenvalue weighted by atomic mass is 9.99. The number of hydrogen-bond donors (Lipinski definition) is 1. The first-order valence-electron chi connectivity index (χ1n) is 6.31. The number of rotatable bonds is 4. The van der Waals surface area contributed by atoms with Crippen LogP contribution in [-0.4, -0.2) is 30.4 Å². The van der Waals surface area contributed by atoms with Gasteiger partial charge in [0.1, 0.15) is 0 Å². The maximum absolute atomic E-state index is 11.7. The Kier molecular flexibility index (Phi) is 6.16. The molecular formula is C14H21ClN2O. The van der Waals surface area contributed by atoms with Gasteiger partial charge in [-0.3, -0.25) is 4.79 Å². The van der Waals surface area contributed by atoms with E-state index in [1.54, 1.807) is 0 Å². The second-order valence-electron chi connectivity index (χ2n) is 4.72. The van der Waals surface area contributed by atoms with Gasteiger partial charge in [0.25, 0.3) is 0 Å². The third kappa shape index (κ3) is 4.00. The molecule has 1 unspecified atom stereocenters. The van der Waals surface area contributed by atoms with E-state index in [0.717, 1.165) is 25.9 Å². The first-order chi connectivity index (χ1) is 8.29.